The average Bonchev–Trinajstić information content (AvgIpc) is 3.58. The minimum atomic E-state index is -0.567. The SMILES string of the molecule is O=C1c2ccc(Oc3ccc(-c4ccc(Oc5ccc6c(c5)C(=O)N(c5ccc([N+](=O)[O-])cc5)C6=O)cc4)cc3)cc2C(=O)N1c1ccc([N+](=O)[O-])cc1. The number of amides is 4. The van der Waals surface area contributed by atoms with Gasteiger partial charge < -0.3 is 9.47 Å². The van der Waals surface area contributed by atoms with Gasteiger partial charge in [-0.3, -0.25) is 39.4 Å². The largest absolute Gasteiger partial charge is 0.457 e. The molecule has 2 aliphatic rings. The molecule has 0 N–H and O–H groups in total. The van der Waals surface area contributed by atoms with Crippen LogP contribution in [0.1, 0.15) is 41.4 Å². The number of imide groups is 2. The van der Waals surface area contributed by atoms with Gasteiger partial charge in [0.2, 0.25) is 0 Å². The lowest BCUT2D eigenvalue weighted by atomic mass is 10.1. The van der Waals surface area contributed by atoms with Crippen molar-refractivity contribution in [2.24, 2.45) is 0 Å². The molecule has 2 aliphatic heterocycles. The summed E-state index contributed by atoms with van der Waals surface area (Å²) in [5.74, 6) is -0.561. The van der Waals surface area contributed by atoms with Gasteiger partial charge in [0.05, 0.1) is 43.5 Å². The number of nitrogens with zero attached hydrogens (tertiary/aromatic N) is 4. The summed E-state index contributed by atoms with van der Waals surface area (Å²) < 4.78 is 12.0. The number of anilines is 2. The molecule has 0 saturated carbocycles. The highest BCUT2D eigenvalue weighted by Gasteiger charge is 2.38. The third-order valence-electron chi connectivity index (χ3n) is 8.87. The third kappa shape index (κ3) is 5.84. The Kier molecular flexibility index (Phi) is 7.96. The summed E-state index contributed by atoms with van der Waals surface area (Å²) in [5.41, 5.74) is 2.55. The molecule has 0 aliphatic carbocycles. The van der Waals surface area contributed by atoms with Crippen LogP contribution in [0.25, 0.3) is 11.1 Å². The zero-order valence-corrected chi connectivity index (χ0v) is 27.6. The van der Waals surface area contributed by atoms with Crippen LogP contribution in [0.5, 0.6) is 23.0 Å². The lowest BCUT2D eigenvalue weighted by molar-refractivity contribution is -0.385. The molecule has 14 heteroatoms. The second kappa shape index (κ2) is 13.0. The molecular formula is C40H22N4O10. The lowest BCUT2D eigenvalue weighted by Crippen LogP contribution is -2.29. The smallest absolute Gasteiger partial charge is 0.269 e. The van der Waals surface area contributed by atoms with Crippen LogP contribution >= 0.6 is 0 Å². The fraction of sp³-hybridized carbons (Fsp3) is 0. The number of carbonyl (C=O) groups excluding carboxylic acids is 4. The van der Waals surface area contributed by atoms with Crippen LogP contribution in [0.15, 0.2) is 133 Å². The molecule has 8 rings (SSSR count). The average molecular weight is 719 g/mol. The highest BCUT2D eigenvalue weighted by molar-refractivity contribution is 6.35. The Morgan fingerprint density at radius 3 is 1.04 bits per heavy atom. The van der Waals surface area contributed by atoms with Crippen LogP contribution < -0.4 is 19.3 Å². The summed E-state index contributed by atoms with van der Waals surface area (Å²) >= 11 is 0. The summed E-state index contributed by atoms with van der Waals surface area (Å²) in [6.45, 7) is 0. The number of benzene rings is 6. The van der Waals surface area contributed by atoms with Gasteiger partial charge >= 0.3 is 0 Å². The number of carbonyl (C=O) groups is 4. The second-order valence-corrected chi connectivity index (χ2v) is 12.1. The van der Waals surface area contributed by atoms with Crippen molar-refractivity contribution in [3.8, 4) is 34.1 Å². The molecule has 6 aromatic carbocycles. The molecule has 0 radical (unpaired) electrons. The molecule has 0 fully saturated rings. The molecular weight excluding hydrogens is 696 g/mol. The van der Waals surface area contributed by atoms with Crippen molar-refractivity contribution in [1.29, 1.82) is 0 Å². The maximum Gasteiger partial charge on any atom is 0.269 e. The molecule has 54 heavy (non-hydrogen) atoms. The van der Waals surface area contributed by atoms with Crippen LogP contribution in [-0.2, 0) is 0 Å². The highest BCUT2D eigenvalue weighted by atomic mass is 16.6. The molecule has 0 saturated heterocycles. The van der Waals surface area contributed by atoms with E-state index in [0.717, 1.165) is 20.9 Å². The van der Waals surface area contributed by atoms with Crippen molar-refractivity contribution >= 4 is 46.4 Å². The first-order valence-corrected chi connectivity index (χ1v) is 16.2. The van der Waals surface area contributed by atoms with Crippen molar-refractivity contribution in [3.05, 3.63) is 176 Å². The predicted octanol–water partition coefficient (Wildman–Crippen LogP) is 8.36. The van der Waals surface area contributed by atoms with E-state index in [9.17, 15) is 39.4 Å². The minimum absolute atomic E-state index is 0.152. The molecule has 0 bridgehead atoms. The van der Waals surface area contributed by atoms with E-state index in [4.69, 9.17) is 9.47 Å². The van der Waals surface area contributed by atoms with Gasteiger partial charge in [0.15, 0.2) is 0 Å². The monoisotopic (exact) mass is 718 g/mol. The van der Waals surface area contributed by atoms with E-state index in [1.165, 1.54) is 72.8 Å². The molecule has 0 spiro atoms. The molecule has 2 heterocycles. The van der Waals surface area contributed by atoms with E-state index >= 15 is 0 Å². The van der Waals surface area contributed by atoms with Gasteiger partial charge in [0.1, 0.15) is 23.0 Å². The van der Waals surface area contributed by atoms with Crippen molar-refractivity contribution in [1.82, 2.24) is 0 Å². The number of non-ortho nitro benzene ring substituents is 2. The molecule has 0 atom stereocenters. The molecule has 14 nitrogen and oxygen atoms in total. The van der Waals surface area contributed by atoms with Gasteiger partial charge in [0.25, 0.3) is 35.0 Å². The Hall–Kier alpha value is -8.00. The summed E-state index contributed by atoms with van der Waals surface area (Å²) in [4.78, 5) is 75.2. The fourth-order valence-corrected chi connectivity index (χ4v) is 6.19. The van der Waals surface area contributed by atoms with Gasteiger partial charge in [-0.1, -0.05) is 24.3 Å². The minimum Gasteiger partial charge on any atom is -0.457 e. The van der Waals surface area contributed by atoms with Crippen LogP contribution in [0.2, 0.25) is 0 Å². The fourth-order valence-electron chi connectivity index (χ4n) is 6.19. The van der Waals surface area contributed by atoms with Crippen LogP contribution in [0.4, 0.5) is 22.7 Å². The quantitative estimate of drug-likeness (QED) is 0.0801. The molecule has 6 aromatic rings. The van der Waals surface area contributed by atoms with Crippen molar-refractivity contribution in [2.45, 2.75) is 0 Å². The van der Waals surface area contributed by atoms with Crippen molar-refractivity contribution in [3.63, 3.8) is 0 Å². The Morgan fingerprint density at radius 2 is 0.704 bits per heavy atom. The first-order chi connectivity index (χ1) is 26.0. The maximum atomic E-state index is 13.2. The maximum absolute atomic E-state index is 13.2. The van der Waals surface area contributed by atoms with Crippen LogP contribution in [0.3, 0.4) is 0 Å². The number of rotatable bonds is 9. The Balaban J connectivity index is 0.918. The summed E-state index contributed by atoms with van der Waals surface area (Å²) in [6.07, 6.45) is 0. The van der Waals surface area contributed by atoms with Crippen molar-refractivity contribution in [2.75, 3.05) is 9.80 Å². The van der Waals surface area contributed by atoms with E-state index in [0.29, 0.717) is 23.0 Å². The first kappa shape index (κ1) is 33.2. The third-order valence-corrected chi connectivity index (χ3v) is 8.87. The summed E-state index contributed by atoms with van der Waals surface area (Å²) in [7, 11) is 0. The van der Waals surface area contributed by atoms with Gasteiger partial charge in [-0.15, -0.1) is 0 Å². The lowest BCUT2D eigenvalue weighted by Gasteiger charge is -2.13. The molecule has 0 unspecified atom stereocenters. The van der Waals surface area contributed by atoms with E-state index in [2.05, 4.69) is 0 Å². The number of ether oxygens (including phenoxy) is 2. The van der Waals surface area contributed by atoms with E-state index in [1.807, 2.05) is 24.3 Å². The zero-order valence-electron chi connectivity index (χ0n) is 27.6. The highest BCUT2D eigenvalue weighted by Crippen LogP contribution is 2.36. The number of hydrogen-bond acceptors (Lipinski definition) is 10. The molecule has 4 amide bonds. The summed E-state index contributed by atoms with van der Waals surface area (Å²) in [6, 6.07) is 33.9. The van der Waals surface area contributed by atoms with Gasteiger partial charge in [-0.2, -0.15) is 0 Å². The normalized spacial score (nSPS) is 13.2. The number of nitro benzene ring substituents is 2. The first-order valence-electron chi connectivity index (χ1n) is 16.2. The standard InChI is InChI=1S/C40H22N4O10/c45-37-33-19-17-31(21-35(33)39(47)41(37)25-5-9-27(10-6-25)43(49)50)53-29-13-1-23(2-14-29)24-3-15-30(16-4-24)54-32-18-20-34-36(22-32)40(48)42(38(34)46)26-7-11-28(12-8-26)44(51)52/h1-22H. The second-order valence-electron chi connectivity index (χ2n) is 12.1. The van der Waals surface area contributed by atoms with Gasteiger partial charge in [0, 0.05) is 24.3 Å². The van der Waals surface area contributed by atoms with Crippen molar-refractivity contribution < 1.29 is 38.5 Å². The van der Waals surface area contributed by atoms with Gasteiger partial charge in [-0.25, -0.2) is 9.80 Å². The van der Waals surface area contributed by atoms with Crippen LogP contribution in [0, 0.1) is 20.2 Å². The van der Waals surface area contributed by atoms with Gasteiger partial charge in [-0.05, 0) is 96.1 Å². The number of hydrogen-bond donors (Lipinski definition) is 0. The predicted molar refractivity (Wildman–Crippen MR) is 193 cm³/mol. The van der Waals surface area contributed by atoms with Crippen LogP contribution in [-0.4, -0.2) is 33.5 Å². The number of nitro groups is 2. The number of fused-ring (bicyclic) bond motifs is 2. The van der Waals surface area contributed by atoms with E-state index < -0.39 is 33.5 Å². The molecule has 262 valence electrons. The van der Waals surface area contributed by atoms with E-state index in [-0.39, 0.29) is 45.0 Å². The zero-order chi connectivity index (χ0) is 37.7. The molecule has 0 aromatic heterocycles. The van der Waals surface area contributed by atoms with E-state index in [1.54, 1.807) is 36.4 Å². The Labute approximate surface area is 304 Å². The topological polar surface area (TPSA) is 180 Å². The Bertz CT molecular complexity index is 2390. The Morgan fingerprint density at radius 1 is 0.389 bits per heavy atom. The summed E-state index contributed by atoms with van der Waals surface area (Å²) in [5, 5.41) is 22.0.